The number of ketones is 1. The molecule has 1 N–H and O–H groups in total. The molecule has 35 heavy (non-hydrogen) atoms. The van der Waals surface area contributed by atoms with Crippen LogP contribution in [0.5, 0.6) is 17.2 Å². The number of carbonyl (C=O) groups excluding carboxylic acids is 2. The van der Waals surface area contributed by atoms with Crippen LogP contribution in [-0.2, 0) is 11.4 Å². The van der Waals surface area contributed by atoms with Crippen molar-refractivity contribution in [2.45, 2.75) is 18.9 Å². The van der Waals surface area contributed by atoms with Crippen molar-refractivity contribution in [2.75, 3.05) is 0 Å². The lowest BCUT2D eigenvalue weighted by atomic mass is 9.83. The third-order valence-electron chi connectivity index (χ3n) is 5.87. The molecule has 5 rings (SSSR count). The maximum atomic E-state index is 13.2. The van der Waals surface area contributed by atoms with Crippen LogP contribution in [-0.4, -0.2) is 21.8 Å². The summed E-state index contributed by atoms with van der Waals surface area (Å²) in [7, 11) is 0. The summed E-state index contributed by atoms with van der Waals surface area (Å²) >= 11 is 5.94. The molecule has 1 aromatic heterocycles. The molecule has 0 saturated heterocycles. The molecule has 4 aromatic rings. The van der Waals surface area contributed by atoms with E-state index in [-0.39, 0.29) is 35.9 Å². The number of esters is 1. The number of nitrogens with zero attached hydrogens (tertiary/aromatic N) is 1. The largest absolute Gasteiger partial charge is 0.507 e. The number of halogens is 1. The van der Waals surface area contributed by atoms with Gasteiger partial charge in [-0.25, -0.2) is 0 Å². The summed E-state index contributed by atoms with van der Waals surface area (Å²) in [5, 5.41) is 11.8. The van der Waals surface area contributed by atoms with Crippen molar-refractivity contribution in [3.05, 3.63) is 118 Å². The Morgan fingerprint density at radius 1 is 1.03 bits per heavy atom. The van der Waals surface area contributed by atoms with E-state index in [1.165, 1.54) is 6.07 Å². The lowest BCUT2D eigenvalue weighted by molar-refractivity contribution is -0.135. The van der Waals surface area contributed by atoms with E-state index in [4.69, 9.17) is 21.1 Å². The van der Waals surface area contributed by atoms with E-state index in [0.29, 0.717) is 27.5 Å². The Labute approximate surface area is 206 Å². The maximum absolute atomic E-state index is 13.2. The minimum Gasteiger partial charge on any atom is -0.507 e. The standard InChI is InChI=1S/C28H20ClNO5/c29-18-10-8-17(9-11-18)27(32)21-12-13-24-26(28(21)33)22(15-25(31)35-24)20-6-1-2-7-23(20)34-16-19-5-3-4-14-30-19/h1-14,22,33H,15-16H2/t22-/m0/s1. The second-order valence-corrected chi connectivity index (χ2v) is 8.52. The average molecular weight is 486 g/mol. The third kappa shape index (κ3) is 4.61. The van der Waals surface area contributed by atoms with Gasteiger partial charge >= 0.3 is 5.97 Å². The fourth-order valence-corrected chi connectivity index (χ4v) is 4.31. The van der Waals surface area contributed by atoms with Crippen molar-refractivity contribution in [1.29, 1.82) is 0 Å². The summed E-state index contributed by atoms with van der Waals surface area (Å²) in [5.74, 6) is -0.812. The van der Waals surface area contributed by atoms with Crippen molar-refractivity contribution >= 4 is 23.4 Å². The topological polar surface area (TPSA) is 85.7 Å². The molecule has 0 fully saturated rings. The van der Waals surface area contributed by atoms with E-state index < -0.39 is 11.9 Å². The molecule has 3 aromatic carbocycles. The average Bonchev–Trinajstić information content (AvgIpc) is 2.88. The van der Waals surface area contributed by atoms with E-state index in [0.717, 1.165) is 5.69 Å². The molecule has 0 unspecified atom stereocenters. The van der Waals surface area contributed by atoms with Crippen LogP contribution < -0.4 is 9.47 Å². The van der Waals surface area contributed by atoms with E-state index in [1.807, 2.05) is 36.4 Å². The molecule has 0 radical (unpaired) electrons. The Hall–Kier alpha value is -4.16. The Morgan fingerprint density at radius 2 is 1.80 bits per heavy atom. The predicted molar refractivity (Wildman–Crippen MR) is 130 cm³/mol. The van der Waals surface area contributed by atoms with Crippen LogP contribution in [0.4, 0.5) is 0 Å². The number of para-hydroxylation sites is 1. The number of fused-ring (bicyclic) bond motifs is 1. The zero-order valence-corrected chi connectivity index (χ0v) is 19.2. The van der Waals surface area contributed by atoms with Crippen molar-refractivity contribution in [1.82, 2.24) is 4.98 Å². The lowest BCUT2D eigenvalue weighted by Gasteiger charge is -2.27. The predicted octanol–water partition coefficient (Wildman–Crippen LogP) is 5.69. The van der Waals surface area contributed by atoms with Crippen LogP contribution in [0.25, 0.3) is 0 Å². The zero-order chi connectivity index (χ0) is 24.4. The Bertz CT molecular complexity index is 1400. The first-order chi connectivity index (χ1) is 17.0. The number of aromatic hydroxyl groups is 1. The summed E-state index contributed by atoms with van der Waals surface area (Å²) in [6, 6.07) is 22.3. The van der Waals surface area contributed by atoms with Crippen molar-refractivity contribution < 1.29 is 24.2 Å². The Morgan fingerprint density at radius 3 is 2.57 bits per heavy atom. The summed E-state index contributed by atoms with van der Waals surface area (Å²) in [4.78, 5) is 29.9. The number of benzene rings is 3. The lowest BCUT2D eigenvalue weighted by Crippen LogP contribution is -2.22. The molecular weight excluding hydrogens is 466 g/mol. The van der Waals surface area contributed by atoms with Crippen LogP contribution in [0.3, 0.4) is 0 Å². The summed E-state index contributed by atoms with van der Waals surface area (Å²) in [5.41, 5.74) is 2.32. The number of pyridine rings is 1. The van der Waals surface area contributed by atoms with Gasteiger partial charge in [-0.1, -0.05) is 35.9 Å². The molecule has 7 heteroatoms. The second kappa shape index (κ2) is 9.60. The van der Waals surface area contributed by atoms with Crippen LogP contribution in [0.15, 0.2) is 85.1 Å². The van der Waals surface area contributed by atoms with Gasteiger partial charge in [0.05, 0.1) is 17.7 Å². The molecule has 1 aliphatic rings. The minimum atomic E-state index is -0.566. The van der Waals surface area contributed by atoms with Gasteiger partial charge in [-0.3, -0.25) is 14.6 Å². The second-order valence-electron chi connectivity index (χ2n) is 8.09. The fourth-order valence-electron chi connectivity index (χ4n) is 4.19. The first-order valence-corrected chi connectivity index (χ1v) is 11.4. The molecule has 6 nitrogen and oxygen atoms in total. The van der Waals surface area contributed by atoms with Crippen molar-refractivity contribution in [2.24, 2.45) is 0 Å². The zero-order valence-electron chi connectivity index (χ0n) is 18.5. The Kier molecular flexibility index (Phi) is 6.21. The highest BCUT2D eigenvalue weighted by Gasteiger charge is 2.34. The fraction of sp³-hybridized carbons (Fsp3) is 0.107. The first-order valence-electron chi connectivity index (χ1n) is 11.0. The molecule has 174 valence electrons. The normalized spacial score (nSPS) is 14.7. The number of rotatable bonds is 6. The molecule has 0 amide bonds. The molecule has 1 aliphatic heterocycles. The van der Waals surface area contributed by atoms with Gasteiger partial charge in [0.25, 0.3) is 0 Å². The number of phenols is 1. The van der Waals surface area contributed by atoms with E-state index in [9.17, 15) is 14.7 Å². The van der Waals surface area contributed by atoms with Crippen LogP contribution >= 0.6 is 11.6 Å². The van der Waals surface area contributed by atoms with Gasteiger partial charge in [-0.2, -0.15) is 0 Å². The summed E-state index contributed by atoms with van der Waals surface area (Å²) in [6.07, 6.45) is 1.68. The molecule has 0 spiro atoms. The summed E-state index contributed by atoms with van der Waals surface area (Å²) in [6.45, 7) is 0.239. The quantitative estimate of drug-likeness (QED) is 0.214. The van der Waals surface area contributed by atoms with Crippen molar-refractivity contribution in [3.8, 4) is 17.2 Å². The number of phenolic OH excluding ortho intramolecular Hbond substituents is 1. The van der Waals surface area contributed by atoms with Gasteiger partial charge in [0, 0.05) is 33.8 Å². The minimum absolute atomic E-state index is 0.0108. The van der Waals surface area contributed by atoms with E-state index in [1.54, 1.807) is 42.6 Å². The number of aromatic nitrogens is 1. The molecule has 0 bridgehead atoms. The highest BCUT2D eigenvalue weighted by Crippen LogP contribution is 2.47. The molecule has 0 aliphatic carbocycles. The smallest absolute Gasteiger partial charge is 0.312 e. The highest BCUT2D eigenvalue weighted by atomic mass is 35.5. The van der Waals surface area contributed by atoms with Gasteiger partial charge in [0.2, 0.25) is 0 Å². The monoisotopic (exact) mass is 485 g/mol. The van der Waals surface area contributed by atoms with Gasteiger partial charge in [-0.05, 0) is 54.6 Å². The van der Waals surface area contributed by atoms with Gasteiger partial charge in [0.15, 0.2) is 5.78 Å². The van der Waals surface area contributed by atoms with Gasteiger partial charge in [0.1, 0.15) is 23.9 Å². The SMILES string of the molecule is O=C1C[C@@H](c2ccccc2OCc2ccccn2)c2c(ccc(C(=O)c3ccc(Cl)cc3)c2O)O1. The van der Waals surface area contributed by atoms with E-state index >= 15 is 0 Å². The highest BCUT2D eigenvalue weighted by molar-refractivity contribution is 6.30. The number of carbonyl (C=O) groups is 2. The molecule has 1 atom stereocenters. The van der Waals surface area contributed by atoms with Gasteiger partial charge < -0.3 is 14.6 Å². The number of hydrogen-bond acceptors (Lipinski definition) is 6. The van der Waals surface area contributed by atoms with Gasteiger partial charge in [-0.15, -0.1) is 0 Å². The molecule has 0 saturated carbocycles. The Balaban J connectivity index is 1.54. The number of ether oxygens (including phenoxy) is 2. The van der Waals surface area contributed by atoms with Crippen LogP contribution in [0, 0.1) is 0 Å². The van der Waals surface area contributed by atoms with Crippen LogP contribution in [0.2, 0.25) is 5.02 Å². The maximum Gasteiger partial charge on any atom is 0.312 e. The molecular formula is C28H20ClNO5. The van der Waals surface area contributed by atoms with Crippen molar-refractivity contribution in [3.63, 3.8) is 0 Å². The number of hydrogen-bond donors (Lipinski definition) is 1. The first kappa shape index (κ1) is 22.6. The van der Waals surface area contributed by atoms with Crippen LogP contribution in [0.1, 0.15) is 45.1 Å². The van der Waals surface area contributed by atoms with E-state index in [2.05, 4.69) is 4.98 Å². The summed E-state index contributed by atoms with van der Waals surface area (Å²) < 4.78 is 11.5. The molecule has 2 heterocycles. The third-order valence-corrected chi connectivity index (χ3v) is 6.12.